The molecule has 0 aliphatic rings. The fourth-order valence-electron chi connectivity index (χ4n) is 4.03. The molecule has 3 aromatic carbocycles. The Morgan fingerprint density at radius 2 is 1.53 bits per heavy atom. The third-order valence-electron chi connectivity index (χ3n) is 6.57. The van der Waals surface area contributed by atoms with Crippen molar-refractivity contribution in [2.75, 3.05) is 6.61 Å². The predicted molar refractivity (Wildman–Crippen MR) is 155 cm³/mol. The average Bonchev–Trinajstić information content (AvgIpc) is 2.91. The van der Waals surface area contributed by atoms with Crippen LogP contribution in [-0.4, -0.2) is 35.4 Å². The second kappa shape index (κ2) is 14.2. The molecule has 5 nitrogen and oxygen atoms in total. The van der Waals surface area contributed by atoms with Crippen molar-refractivity contribution < 1.29 is 14.3 Å². The maximum Gasteiger partial charge on any atom is 0.261 e. The Labute approximate surface area is 236 Å². The van der Waals surface area contributed by atoms with Gasteiger partial charge in [0.05, 0.1) is 0 Å². The third-order valence-corrected chi connectivity index (χ3v) is 7.28. The highest BCUT2D eigenvalue weighted by molar-refractivity contribution is 6.36. The van der Waals surface area contributed by atoms with Crippen LogP contribution in [0.5, 0.6) is 5.75 Å². The molecule has 0 aromatic heterocycles. The second-order valence-electron chi connectivity index (χ2n) is 9.76. The van der Waals surface area contributed by atoms with Gasteiger partial charge >= 0.3 is 0 Å². The zero-order chi connectivity index (χ0) is 27.7. The number of carbonyl (C=O) groups is 2. The smallest absolute Gasteiger partial charge is 0.261 e. The van der Waals surface area contributed by atoms with E-state index in [2.05, 4.69) is 19.2 Å². The van der Waals surface area contributed by atoms with Gasteiger partial charge in [-0.3, -0.25) is 9.59 Å². The third kappa shape index (κ3) is 8.24. The second-order valence-corrected chi connectivity index (χ2v) is 10.6. The first-order valence-electron chi connectivity index (χ1n) is 13.0. The molecule has 0 bridgehead atoms. The Hall–Kier alpha value is -3.02. The summed E-state index contributed by atoms with van der Waals surface area (Å²) in [6.45, 7) is 8.02. The maximum absolute atomic E-state index is 13.7. The largest absolute Gasteiger partial charge is 0.484 e. The minimum Gasteiger partial charge on any atom is -0.484 e. The molecule has 0 radical (unpaired) electrons. The molecule has 2 atom stereocenters. The molecular formula is C31H36Cl2N2O3. The van der Waals surface area contributed by atoms with Gasteiger partial charge in [0, 0.05) is 34.6 Å². The number of nitrogens with one attached hydrogen (secondary N) is 1. The van der Waals surface area contributed by atoms with Gasteiger partial charge in [-0.15, -0.1) is 0 Å². The standard InChI is InChI=1S/C31H36Cl2N2O3/c1-5-22(4)34-31(37)29(18-23-10-7-6-8-11-23)35(19-26-27(32)12-9-13-28(26)33)30(36)20-38-25-16-14-24(15-17-25)21(2)3/h6-17,21-22,29H,5,18-20H2,1-4H3,(H,34,37). The topological polar surface area (TPSA) is 58.6 Å². The van der Waals surface area contributed by atoms with Gasteiger partial charge in [0.1, 0.15) is 11.8 Å². The number of benzene rings is 3. The molecule has 0 spiro atoms. The maximum atomic E-state index is 13.7. The molecule has 202 valence electrons. The molecular weight excluding hydrogens is 519 g/mol. The van der Waals surface area contributed by atoms with E-state index in [4.69, 9.17) is 27.9 Å². The van der Waals surface area contributed by atoms with Gasteiger partial charge in [-0.2, -0.15) is 0 Å². The zero-order valence-electron chi connectivity index (χ0n) is 22.4. The van der Waals surface area contributed by atoms with Crippen LogP contribution >= 0.6 is 23.2 Å². The highest BCUT2D eigenvalue weighted by Crippen LogP contribution is 2.27. The Bertz CT molecular complexity index is 1180. The minimum atomic E-state index is -0.793. The summed E-state index contributed by atoms with van der Waals surface area (Å²) in [5.74, 6) is 0.404. The van der Waals surface area contributed by atoms with Gasteiger partial charge in [-0.1, -0.05) is 92.5 Å². The Morgan fingerprint density at radius 1 is 0.895 bits per heavy atom. The fraction of sp³-hybridized carbons (Fsp3) is 0.355. The van der Waals surface area contributed by atoms with Crippen molar-refractivity contribution in [1.29, 1.82) is 0 Å². The van der Waals surface area contributed by atoms with Crippen LogP contribution in [0.1, 0.15) is 56.7 Å². The highest BCUT2D eigenvalue weighted by atomic mass is 35.5. The predicted octanol–water partition coefficient (Wildman–Crippen LogP) is 7.05. The van der Waals surface area contributed by atoms with Crippen LogP contribution in [0.25, 0.3) is 0 Å². The summed E-state index contributed by atoms with van der Waals surface area (Å²) in [6, 6.07) is 21.7. The van der Waals surface area contributed by atoms with Gasteiger partial charge in [-0.25, -0.2) is 0 Å². The summed E-state index contributed by atoms with van der Waals surface area (Å²) in [5, 5.41) is 3.91. The van der Waals surface area contributed by atoms with Gasteiger partial charge in [-0.05, 0) is 54.7 Å². The van der Waals surface area contributed by atoms with Gasteiger partial charge in [0.2, 0.25) is 5.91 Å². The van der Waals surface area contributed by atoms with E-state index < -0.39 is 6.04 Å². The molecule has 0 saturated heterocycles. The van der Waals surface area contributed by atoms with E-state index in [0.717, 1.165) is 12.0 Å². The lowest BCUT2D eigenvalue weighted by Gasteiger charge is -2.32. The van der Waals surface area contributed by atoms with Crippen molar-refractivity contribution in [3.63, 3.8) is 0 Å². The van der Waals surface area contributed by atoms with Gasteiger partial charge in [0.25, 0.3) is 5.91 Å². The lowest BCUT2D eigenvalue weighted by molar-refractivity contribution is -0.143. The lowest BCUT2D eigenvalue weighted by atomic mass is 10.0. The number of carbonyl (C=O) groups excluding carboxylic acids is 2. The van der Waals surface area contributed by atoms with E-state index in [0.29, 0.717) is 33.7 Å². The van der Waals surface area contributed by atoms with E-state index >= 15 is 0 Å². The highest BCUT2D eigenvalue weighted by Gasteiger charge is 2.32. The first-order chi connectivity index (χ1) is 18.2. The lowest BCUT2D eigenvalue weighted by Crippen LogP contribution is -2.53. The summed E-state index contributed by atoms with van der Waals surface area (Å²) < 4.78 is 5.88. The summed E-state index contributed by atoms with van der Waals surface area (Å²) in [4.78, 5) is 28.9. The molecule has 7 heteroatoms. The van der Waals surface area contributed by atoms with Crippen LogP contribution in [0, 0.1) is 0 Å². The van der Waals surface area contributed by atoms with Crippen molar-refractivity contribution in [2.45, 2.75) is 65.1 Å². The zero-order valence-corrected chi connectivity index (χ0v) is 23.9. The van der Waals surface area contributed by atoms with Crippen molar-refractivity contribution in [3.05, 3.63) is 99.5 Å². The number of hydrogen-bond donors (Lipinski definition) is 1. The van der Waals surface area contributed by atoms with Crippen LogP contribution < -0.4 is 10.1 Å². The van der Waals surface area contributed by atoms with Crippen molar-refractivity contribution in [3.8, 4) is 5.75 Å². The SMILES string of the molecule is CCC(C)NC(=O)C(Cc1ccccc1)N(Cc1c(Cl)cccc1Cl)C(=O)COc1ccc(C(C)C)cc1. The molecule has 3 rings (SSSR count). The Kier molecular flexibility index (Phi) is 11.1. The fourth-order valence-corrected chi connectivity index (χ4v) is 4.54. The first kappa shape index (κ1) is 29.5. The van der Waals surface area contributed by atoms with Crippen LogP contribution in [0.4, 0.5) is 0 Å². The van der Waals surface area contributed by atoms with Gasteiger partial charge < -0.3 is 15.0 Å². The molecule has 3 aromatic rings. The number of amides is 2. The number of nitrogens with zero attached hydrogens (tertiary/aromatic N) is 1. The molecule has 2 unspecified atom stereocenters. The monoisotopic (exact) mass is 554 g/mol. The average molecular weight is 556 g/mol. The van der Waals surface area contributed by atoms with E-state index in [1.165, 1.54) is 10.5 Å². The molecule has 0 aliphatic heterocycles. The van der Waals surface area contributed by atoms with E-state index in [1.807, 2.05) is 68.4 Å². The van der Waals surface area contributed by atoms with Crippen LogP contribution in [-0.2, 0) is 22.6 Å². The molecule has 0 heterocycles. The normalized spacial score (nSPS) is 12.6. The number of rotatable bonds is 12. The summed E-state index contributed by atoms with van der Waals surface area (Å²) in [6.07, 6.45) is 1.10. The number of hydrogen-bond acceptors (Lipinski definition) is 3. The molecule has 1 N–H and O–H groups in total. The Morgan fingerprint density at radius 3 is 2.11 bits per heavy atom. The number of halogens is 2. The van der Waals surface area contributed by atoms with Crippen LogP contribution in [0.2, 0.25) is 10.0 Å². The van der Waals surface area contributed by atoms with Crippen molar-refractivity contribution in [2.24, 2.45) is 0 Å². The first-order valence-corrected chi connectivity index (χ1v) is 13.7. The molecule has 38 heavy (non-hydrogen) atoms. The molecule has 2 amide bonds. The molecule has 0 saturated carbocycles. The molecule has 0 aliphatic carbocycles. The van der Waals surface area contributed by atoms with Gasteiger partial charge in [0.15, 0.2) is 6.61 Å². The van der Waals surface area contributed by atoms with Crippen LogP contribution in [0.3, 0.4) is 0 Å². The summed E-state index contributed by atoms with van der Waals surface area (Å²) >= 11 is 13.0. The minimum absolute atomic E-state index is 0.0441. The Balaban J connectivity index is 1.93. The summed E-state index contributed by atoms with van der Waals surface area (Å²) in [7, 11) is 0. The quantitative estimate of drug-likeness (QED) is 0.261. The van der Waals surface area contributed by atoms with Crippen LogP contribution in [0.15, 0.2) is 72.8 Å². The van der Waals surface area contributed by atoms with E-state index in [-0.39, 0.29) is 31.0 Å². The summed E-state index contributed by atoms with van der Waals surface area (Å²) in [5.41, 5.74) is 2.70. The number of ether oxygens (including phenoxy) is 1. The van der Waals surface area contributed by atoms with E-state index in [1.54, 1.807) is 18.2 Å². The molecule has 0 fully saturated rings. The van der Waals surface area contributed by atoms with Crippen molar-refractivity contribution >= 4 is 35.0 Å². The van der Waals surface area contributed by atoms with Crippen molar-refractivity contribution in [1.82, 2.24) is 10.2 Å². The van der Waals surface area contributed by atoms with E-state index in [9.17, 15) is 9.59 Å².